The van der Waals surface area contributed by atoms with Crippen LogP contribution in [0.25, 0.3) is 0 Å². The van der Waals surface area contributed by atoms with E-state index in [1.54, 1.807) is 25.1 Å². The highest BCUT2D eigenvalue weighted by molar-refractivity contribution is 5.97. The average Bonchev–Trinajstić information content (AvgIpc) is 2.82. The zero-order valence-corrected chi connectivity index (χ0v) is 9.17. The lowest BCUT2D eigenvalue weighted by Crippen LogP contribution is -2.23. The summed E-state index contributed by atoms with van der Waals surface area (Å²) < 4.78 is 4.53. The van der Waals surface area contributed by atoms with E-state index in [2.05, 4.69) is 20.0 Å². The molecule has 0 aliphatic rings. The number of benzene rings is 1. The van der Waals surface area contributed by atoms with Crippen LogP contribution in [0.15, 0.2) is 29.1 Å². The van der Waals surface area contributed by atoms with Gasteiger partial charge in [-0.15, -0.1) is 0 Å². The van der Waals surface area contributed by atoms with Gasteiger partial charge in [0.2, 0.25) is 6.39 Å². The Balaban J connectivity index is 2.07. The number of phenolic OH excluding ortho intramolecular Hbond substituents is 1. The molecule has 0 aliphatic carbocycles. The molecule has 1 heterocycles. The van der Waals surface area contributed by atoms with Gasteiger partial charge in [0.15, 0.2) is 5.82 Å². The molecule has 0 saturated carbocycles. The highest BCUT2D eigenvalue weighted by atomic mass is 16.5. The Morgan fingerprint density at radius 1 is 1.53 bits per heavy atom. The van der Waals surface area contributed by atoms with Crippen LogP contribution in [0.1, 0.15) is 21.7 Å². The molecule has 0 saturated heterocycles. The van der Waals surface area contributed by atoms with Crippen LogP contribution >= 0.6 is 0 Å². The number of carbonyl (C=O) groups excluding carboxylic acids is 1. The van der Waals surface area contributed by atoms with E-state index < -0.39 is 0 Å². The second-order valence-corrected chi connectivity index (χ2v) is 3.50. The molecule has 6 heteroatoms. The smallest absolute Gasteiger partial charge is 0.255 e. The second-order valence-electron chi connectivity index (χ2n) is 3.50. The van der Waals surface area contributed by atoms with Gasteiger partial charge >= 0.3 is 0 Å². The van der Waals surface area contributed by atoms with Crippen LogP contribution in [0.5, 0.6) is 5.75 Å². The van der Waals surface area contributed by atoms with Crippen molar-refractivity contribution < 1.29 is 14.4 Å². The second kappa shape index (κ2) is 4.65. The van der Waals surface area contributed by atoms with Crippen LogP contribution in [-0.4, -0.2) is 21.2 Å². The molecule has 0 atom stereocenters. The number of aryl methyl sites for hydroxylation is 1. The minimum atomic E-state index is -0.379. The van der Waals surface area contributed by atoms with E-state index in [0.29, 0.717) is 11.4 Å². The number of aromatic nitrogens is 2. The Bertz CT molecular complexity index is 523. The van der Waals surface area contributed by atoms with Crippen LogP contribution in [0, 0.1) is 6.92 Å². The quantitative estimate of drug-likeness (QED) is 0.826. The van der Waals surface area contributed by atoms with Crippen molar-refractivity contribution in [1.82, 2.24) is 15.5 Å². The monoisotopic (exact) mass is 233 g/mol. The lowest BCUT2D eigenvalue weighted by molar-refractivity contribution is 0.0947. The molecule has 6 nitrogen and oxygen atoms in total. The fraction of sp³-hybridized carbons (Fsp3) is 0.182. The van der Waals surface area contributed by atoms with Gasteiger partial charge in [-0.05, 0) is 18.6 Å². The normalized spacial score (nSPS) is 10.2. The summed E-state index contributed by atoms with van der Waals surface area (Å²) in [7, 11) is 0. The van der Waals surface area contributed by atoms with E-state index >= 15 is 0 Å². The van der Waals surface area contributed by atoms with Crippen molar-refractivity contribution >= 4 is 5.91 Å². The number of hydrogen-bond donors (Lipinski definition) is 2. The van der Waals surface area contributed by atoms with Gasteiger partial charge in [0.1, 0.15) is 5.75 Å². The molecule has 2 aromatic rings. The van der Waals surface area contributed by atoms with Crippen LogP contribution < -0.4 is 5.32 Å². The highest BCUT2D eigenvalue weighted by Crippen LogP contribution is 2.20. The molecule has 17 heavy (non-hydrogen) atoms. The molecule has 0 unspecified atom stereocenters. The number of rotatable bonds is 3. The van der Waals surface area contributed by atoms with Crippen LogP contribution in [0.2, 0.25) is 0 Å². The number of phenols is 1. The molecule has 1 aromatic heterocycles. The largest absolute Gasteiger partial charge is 0.507 e. The van der Waals surface area contributed by atoms with Crippen LogP contribution in [-0.2, 0) is 6.54 Å². The van der Waals surface area contributed by atoms with E-state index in [0.717, 1.165) is 0 Å². The number of amides is 1. The van der Waals surface area contributed by atoms with Gasteiger partial charge in [-0.1, -0.05) is 17.3 Å². The fourth-order valence-corrected chi connectivity index (χ4v) is 1.37. The van der Waals surface area contributed by atoms with Gasteiger partial charge in [-0.2, -0.15) is 4.98 Å². The maximum absolute atomic E-state index is 11.8. The minimum absolute atomic E-state index is 0.0156. The SMILES string of the molecule is Cc1cccc(C(=O)NCc2ncon2)c1O. The van der Waals surface area contributed by atoms with E-state index in [1.807, 2.05) is 0 Å². The molecule has 1 aromatic carbocycles. The summed E-state index contributed by atoms with van der Waals surface area (Å²) in [5.74, 6) is -0.0143. The third-order valence-corrected chi connectivity index (χ3v) is 2.30. The van der Waals surface area contributed by atoms with E-state index in [-0.39, 0.29) is 23.8 Å². The number of nitrogens with one attached hydrogen (secondary N) is 1. The topological polar surface area (TPSA) is 88.3 Å². The summed E-state index contributed by atoms with van der Waals surface area (Å²) in [6.07, 6.45) is 1.19. The molecule has 0 spiro atoms. The predicted molar refractivity (Wildman–Crippen MR) is 58.3 cm³/mol. The zero-order valence-electron chi connectivity index (χ0n) is 9.17. The fourth-order valence-electron chi connectivity index (χ4n) is 1.37. The van der Waals surface area contributed by atoms with E-state index in [4.69, 9.17) is 0 Å². The predicted octanol–water partition coefficient (Wildman–Crippen LogP) is 1.01. The van der Waals surface area contributed by atoms with Gasteiger partial charge < -0.3 is 14.9 Å². The molecular weight excluding hydrogens is 222 g/mol. The molecule has 88 valence electrons. The van der Waals surface area contributed by atoms with Gasteiger partial charge in [0.25, 0.3) is 5.91 Å². The number of aromatic hydroxyl groups is 1. The Morgan fingerprint density at radius 2 is 2.35 bits per heavy atom. The summed E-state index contributed by atoms with van der Waals surface area (Å²) in [4.78, 5) is 15.5. The highest BCUT2D eigenvalue weighted by Gasteiger charge is 2.12. The number of carbonyl (C=O) groups is 1. The average molecular weight is 233 g/mol. The van der Waals surface area contributed by atoms with Crippen molar-refractivity contribution in [1.29, 1.82) is 0 Å². The Labute approximate surface area is 97.3 Å². The van der Waals surface area contributed by atoms with E-state index in [9.17, 15) is 9.90 Å². The molecule has 0 aliphatic heterocycles. The first-order valence-corrected chi connectivity index (χ1v) is 5.00. The molecule has 0 fully saturated rings. The summed E-state index contributed by atoms with van der Waals surface area (Å²) in [6.45, 7) is 1.88. The maximum Gasteiger partial charge on any atom is 0.255 e. The summed E-state index contributed by atoms with van der Waals surface area (Å²) in [5.41, 5.74) is 0.880. The summed E-state index contributed by atoms with van der Waals surface area (Å²) in [6, 6.07) is 4.98. The van der Waals surface area contributed by atoms with Gasteiger partial charge in [-0.3, -0.25) is 4.79 Å². The van der Waals surface area contributed by atoms with Crippen molar-refractivity contribution in [2.75, 3.05) is 0 Å². The van der Waals surface area contributed by atoms with Crippen molar-refractivity contribution in [2.24, 2.45) is 0 Å². The first kappa shape index (κ1) is 11.1. The molecule has 2 rings (SSSR count). The van der Waals surface area contributed by atoms with Crippen LogP contribution in [0.3, 0.4) is 0 Å². The third-order valence-electron chi connectivity index (χ3n) is 2.30. The third kappa shape index (κ3) is 2.41. The molecule has 1 amide bonds. The number of nitrogens with zero attached hydrogens (tertiary/aromatic N) is 2. The van der Waals surface area contributed by atoms with Crippen molar-refractivity contribution in [3.63, 3.8) is 0 Å². The van der Waals surface area contributed by atoms with Crippen molar-refractivity contribution in [2.45, 2.75) is 13.5 Å². The lowest BCUT2D eigenvalue weighted by Gasteiger charge is -2.06. The van der Waals surface area contributed by atoms with Gasteiger partial charge in [0, 0.05) is 0 Å². The maximum atomic E-state index is 11.8. The zero-order chi connectivity index (χ0) is 12.3. The Hall–Kier alpha value is -2.37. The van der Waals surface area contributed by atoms with Crippen molar-refractivity contribution in [3.05, 3.63) is 41.5 Å². The molecule has 0 bridgehead atoms. The van der Waals surface area contributed by atoms with Gasteiger partial charge in [-0.25, -0.2) is 0 Å². The van der Waals surface area contributed by atoms with Gasteiger partial charge in [0.05, 0.1) is 12.1 Å². The molecule has 0 radical (unpaired) electrons. The Kier molecular flexibility index (Phi) is 3.04. The lowest BCUT2D eigenvalue weighted by atomic mass is 10.1. The molecular formula is C11H11N3O3. The first-order valence-electron chi connectivity index (χ1n) is 5.00. The minimum Gasteiger partial charge on any atom is -0.507 e. The number of hydrogen-bond acceptors (Lipinski definition) is 5. The Morgan fingerprint density at radius 3 is 3.06 bits per heavy atom. The summed E-state index contributed by atoms with van der Waals surface area (Å²) >= 11 is 0. The number of para-hydroxylation sites is 1. The molecule has 2 N–H and O–H groups in total. The summed E-state index contributed by atoms with van der Waals surface area (Å²) in [5, 5.41) is 15.9. The standard InChI is InChI=1S/C11H11N3O3/c1-7-3-2-4-8(10(7)15)11(16)12-5-9-13-6-17-14-9/h2-4,6,15H,5H2,1H3,(H,12,16). The van der Waals surface area contributed by atoms with Crippen molar-refractivity contribution in [3.8, 4) is 5.75 Å². The van der Waals surface area contributed by atoms with E-state index in [1.165, 1.54) is 6.39 Å². The van der Waals surface area contributed by atoms with Crippen LogP contribution in [0.4, 0.5) is 0 Å². The first-order chi connectivity index (χ1) is 8.18.